The zero-order valence-electron chi connectivity index (χ0n) is 13.9. The van der Waals surface area contributed by atoms with Gasteiger partial charge in [0, 0.05) is 0 Å². The molecule has 1 rings (SSSR count). The van der Waals surface area contributed by atoms with E-state index in [9.17, 15) is 0 Å². The predicted molar refractivity (Wildman–Crippen MR) is 86.2 cm³/mol. The van der Waals surface area contributed by atoms with Gasteiger partial charge >= 0.3 is 0 Å². The van der Waals surface area contributed by atoms with Gasteiger partial charge < -0.3 is 0 Å². The van der Waals surface area contributed by atoms with Crippen LogP contribution in [0.15, 0.2) is 24.3 Å². The van der Waals surface area contributed by atoms with Gasteiger partial charge in [-0.05, 0) is 25.7 Å². The first-order chi connectivity index (χ1) is 8.33. The summed E-state index contributed by atoms with van der Waals surface area (Å²) in [7, 11) is 0. The first-order valence-electron chi connectivity index (χ1n) is 7.36. The molecule has 0 spiro atoms. The Balaban J connectivity index is 0. The zero-order valence-corrected chi connectivity index (χ0v) is 13.9. The predicted octanol–water partition coefficient (Wildman–Crippen LogP) is 6.41. The molecule has 0 atom stereocenters. The third-order valence-corrected chi connectivity index (χ3v) is 2.61. The van der Waals surface area contributed by atoms with Gasteiger partial charge in [-0.2, -0.15) is 0 Å². The van der Waals surface area contributed by atoms with Crippen LogP contribution in [0.1, 0.15) is 65.5 Å². The fraction of sp³-hybridized carbons (Fsp3) is 0.667. The van der Waals surface area contributed by atoms with E-state index in [-0.39, 0.29) is 0 Å². The van der Waals surface area contributed by atoms with Crippen molar-refractivity contribution < 1.29 is 0 Å². The highest BCUT2D eigenvalue weighted by Crippen LogP contribution is 2.02. The summed E-state index contributed by atoms with van der Waals surface area (Å²) in [5.74, 6) is 1.77. The summed E-state index contributed by atoms with van der Waals surface area (Å²) < 4.78 is 0. The van der Waals surface area contributed by atoms with Crippen molar-refractivity contribution in [3.8, 4) is 0 Å². The maximum atomic E-state index is 2.28. The van der Waals surface area contributed by atoms with E-state index in [0.29, 0.717) is 0 Å². The fourth-order valence-corrected chi connectivity index (χ4v) is 0.926. The lowest BCUT2D eigenvalue weighted by Gasteiger charge is -1.98. The molecule has 0 saturated heterocycles. The Morgan fingerprint density at radius 3 is 1.06 bits per heavy atom. The van der Waals surface area contributed by atoms with E-state index in [4.69, 9.17) is 0 Å². The van der Waals surface area contributed by atoms with E-state index in [1.165, 1.54) is 24.0 Å². The Labute approximate surface area is 116 Å². The second-order valence-electron chi connectivity index (χ2n) is 5.81. The number of hydrogen-bond donors (Lipinski definition) is 0. The SMILES string of the molecule is CC(C)C.CCC(C)CC.Cc1ccc(C)cc1. The van der Waals surface area contributed by atoms with Crippen LogP contribution < -0.4 is 0 Å². The summed E-state index contributed by atoms with van der Waals surface area (Å²) in [6.45, 7) is 17.4. The van der Waals surface area contributed by atoms with Crippen molar-refractivity contribution in [2.45, 2.75) is 68.2 Å². The summed E-state index contributed by atoms with van der Waals surface area (Å²) in [6.07, 6.45) is 2.66. The summed E-state index contributed by atoms with van der Waals surface area (Å²) in [4.78, 5) is 0. The summed E-state index contributed by atoms with van der Waals surface area (Å²) in [5.41, 5.74) is 2.66. The molecule has 0 amide bonds. The zero-order chi connectivity index (χ0) is 14.6. The quantitative estimate of drug-likeness (QED) is 0.569. The van der Waals surface area contributed by atoms with Gasteiger partial charge in [-0.1, -0.05) is 89.8 Å². The van der Waals surface area contributed by atoms with Crippen molar-refractivity contribution in [1.29, 1.82) is 0 Å². The molecule has 0 heterocycles. The highest BCUT2D eigenvalue weighted by molar-refractivity contribution is 5.19. The minimum absolute atomic E-state index is 0.833. The van der Waals surface area contributed by atoms with Crippen molar-refractivity contribution in [2.75, 3.05) is 0 Å². The summed E-state index contributed by atoms with van der Waals surface area (Å²) in [6, 6.07) is 8.48. The van der Waals surface area contributed by atoms with E-state index in [0.717, 1.165) is 11.8 Å². The van der Waals surface area contributed by atoms with Crippen LogP contribution in [-0.2, 0) is 0 Å². The molecule has 18 heavy (non-hydrogen) atoms. The third kappa shape index (κ3) is 17.6. The van der Waals surface area contributed by atoms with Gasteiger partial charge in [0.05, 0.1) is 0 Å². The van der Waals surface area contributed by atoms with Gasteiger partial charge in [0.25, 0.3) is 0 Å². The van der Waals surface area contributed by atoms with Crippen LogP contribution in [0.4, 0.5) is 0 Å². The molecule has 0 aliphatic rings. The molecule has 1 aromatic rings. The van der Waals surface area contributed by atoms with Gasteiger partial charge in [-0.15, -0.1) is 0 Å². The molecule has 0 N–H and O–H groups in total. The van der Waals surface area contributed by atoms with Crippen molar-refractivity contribution in [3.05, 3.63) is 35.4 Å². The average Bonchev–Trinajstić information content (AvgIpc) is 2.32. The first kappa shape index (κ1) is 19.6. The van der Waals surface area contributed by atoms with Crippen molar-refractivity contribution in [2.24, 2.45) is 11.8 Å². The smallest absolute Gasteiger partial charge is 0.0398 e. The first-order valence-corrected chi connectivity index (χ1v) is 7.36. The second-order valence-corrected chi connectivity index (χ2v) is 5.81. The molecular formula is C18H34. The highest BCUT2D eigenvalue weighted by atomic mass is 13.9. The highest BCUT2D eigenvalue weighted by Gasteiger charge is 1.88. The molecule has 0 aliphatic carbocycles. The van der Waals surface area contributed by atoms with Crippen molar-refractivity contribution in [3.63, 3.8) is 0 Å². The molecule has 0 nitrogen and oxygen atoms in total. The standard InChI is InChI=1S/C8H10.C6H14.C4H10/c1-7-3-5-8(2)6-4-7;1-4-6(3)5-2;1-4(2)3/h3-6H,1-2H3;6H,4-5H2,1-3H3;4H,1-3H3. The molecular weight excluding hydrogens is 216 g/mol. The van der Waals surface area contributed by atoms with Crippen LogP contribution in [0.5, 0.6) is 0 Å². The van der Waals surface area contributed by atoms with E-state index >= 15 is 0 Å². The second kappa shape index (κ2) is 12.7. The molecule has 0 radical (unpaired) electrons. The van der Waals surface area contributed by atoms with Crippen LogP contribution >= 0.6 is 0 Å². The summed E-state index contributed by atoms with van der Waals surface area (Å²) >= 11 is 0. The number of aryl methyl sites for hydroxylation is 2. The van der Waals surface area contributed by atoms with Gasteiger partial charge in [0.2, 0.25) is 0 Å². The normalized spacial score (nSPS) is 9.44. The lowest BCUT2D eigenvalue weighted by molar-refractivity contribution is 0.544. The van der Waals surface area contributed by atoms with Crippen LogP contribution in [0.3, 0.4) is 0 Å². The molecule has 0 aliphatic heterocycles. The molecule has 0 unspecified atom stereocenters. The van der Waals surface area contributed by atoms with Crippen LogP contribution in [-0.4, -0.2) is 0 Å². The maximum Gasteiger partial charge on any atom is -0.0398 e. The minimum Gasteiger partial charge on any atom is -0.0651 e. The maximum absolute atomic E-state index is 2.28. The van der Waals surface area contributed by atoms with Crippen LogP contribution in [0.25, 0.3) is 0 Å². The fourth-order valence-electron chi connectivity index (χ4n) is 0.926. The number of benzene rings is 1. The van der Waals surface area contributed by atoms with Gasteiger partial charge in [-0.25, -0.2) is 0 Å². The van der Waals surface area contributed by atoms with Gasteiger partial charge in [-0.3, -0.25) is 0 Å². The monoisotopic (exact) mass is 250 g/mol. The van der Waals surface area contributed by atoms with Gasteiger partial charge in [0.15, 0.2) is 0 Å². The Morgan fingerprint density at radius 2 is 0.944 bits per heavy atom. The Hall–Kier alpha value is -0.780. The van der Waals surface area contributed by atoms with E-state index < -0.39 is 0 Å². The van der Waals surface area contributed by atoms with Crippen LogP contribution in [0.2, 0.25) is 0 Å². The third-order valence-electron chi connectivity index (χ3n) is 2.61. The van der Waals surface area contributed by atoms with Crippen molar-refractivity contribution in [1.82, 2.24) is 0 Å². The Morgan fingerprint density at radius 1 is 0.722 bits per heavy atom. The average molecular weight is 250 g/mol. The van der Waals surface area contributed by atoms with E-state index in [1.54, 1.807) is 0 Å². The Kier molecular flexibility index (Phi) is 13.8. The molecule has 0 saturated carbocycles. The Bertz CT molecular complexity index is 228. The van der Waals surface area contributed by atoms with E-state index in [2.05, 4.69) is 79.7 Å². The van der Waals surface area contributed by atoms with Crippen LogP contribution in [0, 0.1) is 25.7 Å². The lowest BCUT2D eigenvalue weighted by Crippen LogP contribution is -1.85. The number of rotatable bonds is 2. The molecule has 1 aromatic carbocycles. The molecule has 0 heteroatoms. The summed E-state index contributed by atoms with van der Waals surface area (Å²) in [5, 5.41) is 0. The lowest BCUT2D eigenvalue weighted by atomic mass is 10.1. The number of hydrogen-bond acceptors (Lipinski definition) is 0. The largest absolute Gasteiger partial charge is 0.0651 e. The minimum atomic E-state index is 0.833. The molecule has 106 valence electrons. The molecule has 0 fully saturated rings. The van der Waals surface area contributed by atoms with Gasteiger partial charge in [0.1, 0.15) is 0 Å². The topological polar surface area (TPSA) is 0 Å². The molecule has 0 aromatic heterocycles. The van der Waals surface area contributed by atoms with E-state index in [1.807, 2.05) is 0 Å². The molecule has 0 bridgehead atoms. The van der Waals surface area contributed by atoms with Crippen molar-refractivity contribution >= 4 is 0 Å².